The van der Waals surface area contributed by atoms with Gasteiger partial charge in [-0.1, -0.05) is 42.1 Å². The van der Waals surface area contributed by atoms with E-state index in [1.807, 2.05) is 24.3 Å². The minimum Gasteiger partial charge on any atom is -0.218 e. The highest BCUT2D eigenvalue weighted by atomic mass is 35.5. The first-order valence-electron chi connectivity index (χ1n) is 6.31. The summed E-state index contributed by atoms with van der Waals surface area (Å²) in [4.78, 5) is 9.84. The predicted molar refractivity (Wildman–Crippen MR) is 84.6 cm³/mol. The van der Waals surface area contributed by atoms with Crippen LogP contribution in [-0.2, 0) is 0 Å². The van der Waals surface area contributed by atoms with Crippen molar-refractivity contribution < 1.29 is 0 Å². The van der Waals surface area contributed by atoms with Crippen LogP contribution in [0.4, 0.5) is 0 Å². The molecule has 0 N–H and O–H groups in total. The molecule has 0 aliphatic heterocycles. The number of aryl methyl sites for hydroxylation is 2. The van der Waals surface area contributed by atoms with E-state index in [-0.39, 0.29) is 5.28 Å². The highest BCUT2D eigenvalue weighted by Gasteiger charge is 2.09. The first-order valence-corrected chi connectivity index (χ1v) is 7.50. The molecule has 0 radical (unpaired) electrons. The molecule has 0 amide bonds. The van der Waals surface area contributed by atoms with Gasteiger partial charge >= 0.3 is 0 Å². The van der Waals surface area contributed by atoms with Crippen molar-refractivity contribution in [2.75, 3.05) is 0 Å². The Balaban J connectivity index is 2.13. The van der Waals surface area contributed by atoms with Gasteiger partial charge in [0.15, 0.2) is 0 Å². The Morgan fingerprint density at radius 1 is 1.00 bits per heavy atom. The molecule has 0 aliphatic rings. The van der Waals surface area contributed by atoms with Crippen LogP contribution in [-0.4, -0.2) is 9.97 Å². The first-order chi connectivity index (χ1) is 9.63. The van der Waals surface area contributed by atoms with Gasteiger partial charge in [-0.3, -0.25) is 0 Å². The lowest BCUT2D eigenvalue weighted by Gasteiger charge is -2.08. The van der Waals surface area contributed by atoms with E-state index in [9.17, 15) is 0 Å². The summed E-state index contributed by atoms with van der Waals surface area (Å²) in [7, 11) is 0. The molecule has 1 aromatic heterocycles. The van der Waals surface area contributed by atoms with Gasteiger partial charge in [-0.25, -0.2) is 9.97 Å². The van der Waals surface area contributed by atoms with Crippen molar-refractivity contribution in [1.82, 2.24) is 9.97 Å². The second kappa shape index (κ2) is 5.43. The Morgan fingerprint density at radius 3 is 2.65 bits per heavy atom. The summed E-state index contributed by atoms with van der Waals surface area (Å²) in [5, 5.41) is 2.22. The van der Waals surface area contributed by atoms with E-state index in [1.54, 1.807) is 11.8 Å². The van der Waals surface area contributed by atoms with Gasteiger partial charge in [0, 0.05) is 10.3 Å². The fraction of sp³-hybridized carbons (Fsp3) is 0.125. The summed E-state index contributed by atoms with van der Waals surface area (Å²) in [6.07, 6.45) is 0. The van der Waals surface area contributed by atoms with Crippen LogP contribution in [0.15, 0.2) is 52.4 Å². The molecule has 0 saturated heterocycles. The van der Waals surface area contributed by atoms with E-state index in [2.05, 4.69) is 42.0 Å². The van der Waals surface area contributed by atoms with Crippen LogP contribution in [0.2, 0.25) is 5.28 Å². The lowest BCUT2D eigenvalue weighted by molar-refractivity contribution is 1.10. The summed E-state index contributed by atoms with van der Waals surface area (Å²) >= 11 is 7.66. The van der Waals surface area contributed by atoms with E-state index >= 15 is 0 Å². The molecule has 0 spiro atoms. The smallest absolute Gasteiger partial charge is 0.218 e. The van der Waals surface area contributed by atoms with Gasteiger partial charge in [-0.05, 0) is 48.7 Å². The third kappa shape index (κ3) is 2.65. The number of benzene rings is 2. The van der Waals surface area contributed by atoms with Crippen LogP contribution in [0.25, 0.3) is 10.9 Å². The molecule has 0 aliphatic carbocycles. The molecule has 2 nitrogen and oxygen atoms in total. The van der Waals surface area contributed by atoms with E-state index in [0.717, 1.165) is 15.9 Å². The normalized spacial score (nSPS) is 10.9. The summed E-state index contributed by atoms with van der Waals surface area (Å²) in [5.74, 6) is 0. The zero-order valence-corrected chi connectivity index (χ0v) is 12.8. The topological polar surface area (TPSA) is 25.8 Å². The number of para-hydroxylation sites is 1. The molecule has 2 aromatic carbocycles. The summed E-state index contributed by atoms with van der Waals surface area (Å²) < 4.78 is 0. The zero-order chi connectivity index (χ0) is 14.1. The van der Waals surface area contributed by atoms with Crippen molar-refractivity contribution in [3.63, 3.8) is 0 Å². The fourth-order valence-corrected chi connectivity index (χ4v) is 3.34. The lowest BCUT2D eigenvalue weighted by atomic mass is 10.2. The highest BCUT2D eigenvalue weighted by Crippen LogP contribution is 2.34. The van der Waals surface area contributed by atoms with Gasteiger partial charge < -0.3 is 0 Å². The van der Waals surface area contributed by atoms with E-state index < -0.39 is 0 Å². The van der Waals surface area contributed by atoms with Crippen LogP contribution in [0, 0.1) is 13.8 Å². The van der Waals surface area contributed by atoms with Gasteiger partial charge in [-0.15, -0.1) is 0 Å². The molecule has 1 heterocycles. The maximum atomic E-state index is 6.03. The average Bonchev–Trinajstić information content (AvgIpc) is 2.43. The zero-order valence-electron chi connectivity index (χ0n) is 11.2. The number of hydrogen-bond acceptors (Lipinski definition) is 3. The number of rotatable bonds is 2. The molecule has 0 unspecified atom stereocenters. The van der Waals surface area contributed by atoms with Crippen molar-refractivity contribution in [1.29, 1.82) is 0 Å². The number of hydrogen-bond donors (Lipinski definition) is 0. The van der Waals surface area contributed by atoms with Crippen LogP contribution in [0.3, 0.4) is 0 Å². The second-order valence-electron chi connectivity index (χ2n) is 4.69. The number of fused-ring (bicyclic) bond motifs is 1. The number of aromatic nitrogens is 2. The monoisotopic (exact) mass is 300 g/mol. The molecule has 4 heteroatoms. The van der Waals surface area contributed by atoms with Gasteiger partial charge in [0.05, 0.1) is 5.52 Å². The van der Waals surface area contributed by atoms with Crippen LogP contribution < -0.4 is 0 Å². The standard InChI is InChI=1S/C16H13ClN2S/c1-10-7-8-11(2)14(9-10)20-15-12-5-3-4-6-13(12)18-16(17)19-15/h3-9H,1-2H3. The maximum Gasteiger partial charge on any atom is 0.224 e. The Hall–Kier alpha value is -1.58. The number of halogens is 1. The summed E-state index contributed by atoms with van der Waals surface area (Å²) in [5.41, 5.74) is 3.35. The third-order valence-electron chi connectivity index (χ3n) is 3.09. The van der Waals surface area contributed by atoms with Crippen LogP contribution in [0.1, 0.15) is 11.1 Å². The lowest BCUT2D eigenvalue weighted by Crippen LogP contribution is -1.90. The minimum atomic E-state index is 0.288. The molecule has 3 rings (SSSR count). The molecule has 0 atom stereocenters. The quantitative estimate of drug-likeness (QED) is 0.489. The predicted octanol–water partition coefficient (Wildman–Crippen LogP) is 5.05. The van der Waals surface area contributed by atoms with Gasteiger partial charge in [0.2, 0.25) is 5.28 Å². The van der Waals surface area contributed by atoms with Crippen LogP contribution in [0.5, 0.6) is 0 Å². The SMILES string of the molecule is Cc1ccc(C)c(Sc2nc(Cl)nc3ccccc23)c1. The third-order valence-corrected chi connectivity index (χ3v) is 4.42. The molecule has 0 bridgehead atoms. The maximum absolute atomic E-state index is 6.03. The average molecular weight is 301 g/mol. The van der Waals surface area contributed by atoms with Crippen LogP contribution >= 0.6 is 23.4 Å². The van der Waals surface area contributed by atoms with Crippen molar-refractivity contribution >= 4 is 34.3 Å². The number of nitrogens with zero attached hydrogens (tertiary/aromatic N) is 2. The summed E-state index contributed by atoms with van der Waals surface area (Å²) in [6, 6.07) is 14.3. The molecule has 0 saturated carbocycles. The van der Waals surface area contributed by atoms with Gasteiger partial charge in [0.25, 0.3) is 0 Å². The Kier molecular flexibility index (Phi) is 3.64. The van der Waals surface area contributed by atoms with E-state index in [4.69, 9.17) is 11.6 Å². The Bertz CT molecular complexity index is 787. The van der Waals surface area contributed by atoms with E-state index in [0.29, 0.717) is 0 Å². The largest absolute Gasteiger partial charge is 0.224 e. The molecular weight excluding hydrogens is 288 g/mol. The van der Waals surface area contributed by atoms with Crippen molar-refractivity contribution in [3.05, 3.63) is 58.9 Å². The Labute approximate surface area is 127 Å². The highest BCUT2D eigenvalue weighted by molar-refractivity contribution is 7.99. The molecule has 3 aromatic rings. The molecule has 100 valence electrons. The van der Waals surface area contributed by atoms with Crippen molar-refractivity contribution in [3.8, 4) is 0 Å². The second-order valence-corrected chi connectivity index (χ2v) is 6.05. The minimum absolute atomic E-state index is 0.288. The summed E-state index contributed by atoms with van der Waals surface area (Å²) in [6.45, 7) is 4.20. The molecular formula is C16H13ClN2S. The fourth-order valence-electron chi connectivity index (χ4n) is 2.02. The van der Waals surface area contributed by atoms with Gasteiger partial charge in [-0.2, -0.15) is 0 Å². The van der Waals surface area contributed by atoms with E-state index in [1.165, 1.54) is 16.0 Å². The molecule has 0 fully saturated rings. The van der Waals surface area contributed by atoms with Crippen molar-refractivity contribution in [2.24, 2.45) is 0 Å². The van der Waals surface area contributed by atoms with Gasteiger partial charge in [0.1, 0.15) is 5.03 Å². The first kappa shape index (κ1) is 13.4. The molecule has 20 heavy (non-hydrogen) atoms. The Morgan fingerprint density at radius 2 is 1.80 bits per heavy atom. The van der Waals surface area contributed by atoms with Crippen molar-refractivity contribution in [2.45, 2.75) is 23.8 Å².